The molecule has 7 heteroatoms. The molecule has 6 nitrogen and oxygen atoms in total. The molecule has 2 aromatic carbocycles. The fourth-order valence-corrected chi connectivity index (χ4v) is 6.52. The first-order chi connectivity index (χ1) is 15.7. The Morgan fingerprint density at radius 1 is 1.09 bits per heavy atom. The molecule has 2 heterocycles. The van der Waals surface area contributed by atoms with E-state index in [0.717, 1.165) is 48.4 Å². The van der Waals surface area contributed by atoms with Crippen molar-refractivity contribution < 1.29 is 17.9 Å². The number of hydrogen-bond acceptors (Lipinski definition) is 4. The maximum atomic E-state index is 13.8. The van der Waals surface area contributed by atoms with E-state index in [0.29, 0.717) is 24.7 Å². The molecular formula is C26H34N2O4S. The Labute approximate surface area is 197 Å². The van der Waals surface area contributed by atoms with Gasteiger partial charge in [-0.05, 0) is 73.9 Å². The van der Waals surface area contributed by atoms with Crippen molar-refractivity contribution in [2.24, 2.45) is 11.8 Å². The first-order valence-corrected chi connectivity index (χ1v) is 13.2. The topological polar surface area (TPSA) is 66.9 Å². The largest absolute Gasteiger partial charge is 0.381 e. The van der Waals surface area contributed by atoms with Crippen LogP contribution in [0, 0.1) is 25.7 Å². The zero-order chi connectivity index (χ0) is 23.8. The van der Waals surface area contributed by atoms with Gasteiger partial charge in [-0.3, -0.25) is 9.10 Å². The van der Waals surface area contributed by atoms with Crippen molar-refractivity contribution in [1.82, 2.24) is 0 Å². The standard InChI is InChI=1S/C26H34N2O4S/c1-18(2)16-28(24-7-5-19(3)13-20(24)4)33(30,31)23-6-8-25-22(14-23)15-26(29)27(25)17-21-9-11-32-12-10-21/h5-8,13-14,18,21H,9-12,15-17H2,1-4H3. The van der Waals surface area contributed by atoms with Gasteiger partial charge in [-0.25, -0.2) is 8.42 Å². The van der Waals surface area contributed by atoms with E-state index in [1.165, 1.54) is 4.31 Å². The molecule has 2 aliphatic rings. The summed E-state index contributed by atoms with van der Waals surface area (Å²) in [4.78, 5) is 14.8. The highest BCUT2D eigenvalue weighted by atomic mass is 32.2. The number of carbonyl (C=O) groups excluding carboxylic acids is 1. The van der Waals surface area contributed by atoms with Crippen LogP contribution < -0.4 is 9.21 Å². The molecule has 33 heavy (non-hydrogen) atoms. The summed E-state index contributed by atoms with van der Waals surface area (Å²) < 4.78 is 34.6. The van der Waals surface area contributed by atoms with E-state index in [9.17, 15) is 13.2 Å². The minimum atomic E-state index is -3.78. The van der Waals surface area contributed by atoms with Gasteiger partial charge in [0.05, 0.1) is 17.0 Å². The Hall–Kier alpha value is -2.38. The quantitative estimate of drug-likeness (QED) is 0.599. The molecule has 0 saturated carbocycles. The van der Waals surface area contributed by atoms with Gasteiger partial charge in [-0.15, -0.1) is 0 Å². The Morgan fingerprint density at radius 3 is 2.48 bits per heavy atom. The molecule has 178 valence electrons. The molecule has 0 N–H and O–H groups in total. The van der Waals surface area contributed by atoms with Crippen LogP contribution in [-0.4, -0.2) is 40.6 Å². The van der Waals surface area contributed by atoms with Crippen molar-refractivity contribution in [3.8, 4) is 0 Å². The van der Waals surface area contributed by atoms with Gasteiger partial charge in [0.15, 0.2) is 0 Å². The lowest BCUT2D eigenvalue weighted by atomic mass is 10.00. The highest BCUT2D eigenvalue weighted by Gasteiger charge is 2.33. The van der Waals surface area contributed by atoms with Gasteiger partial charge in [0.25, 0.3) is 10.0 Å². The molecule has 2 aliphatic heterocycles. The first kappa shape index (κ1) is 23.8. The maximum absolute atomic E-state index is 13.8. The molecule has 4 rings (SSSR count). The van der Waals surface area contributed by atoms with Gasteiger partial charge in [0, 0.05) is 32.0 Å². The summed E-state index contributed by atoms with van der Waals surface area (Å²) in [5, 5.41) is 0. The van der Waals surface area contributed by atoms with Crippen molar-refractivity contribution in [1.29, 1.82) is 0 Å². The number of rotatable bonds is 7. The number of hydrogen-bond donors (Lipinski definition) is 0. The van der Waals surface area contributed by atoms with Crippen molar-refractivity contribution >= 4 is 27.3 Å². The number of amides is 1. The molecule has 0 spiro atoms. The normalized spacial score (nSPS) is 17.0. The van der Waals surface area contributed by atoms with E-state index in [1.54, 1.807) is 12.1 Å². The minimum absolute atomic E-state index is 0.0412. The van der Waals surface area contributed by atoms with Gasteiger partial charge in [-0.2, -0.15) is 0 Å². The van der Waals surface area contributed by atoms with E-state index < -0.39 is 10.0 Å². The zero-order valence-corrected chi connectivity index (χ0v) is 20.8. The van der Waals surface area contributed by atoms with E-state index in [1.807, 2.05) is 56.9 Å². The van der Waals surface area contributed by atoms with Crippen LogP contribution in [0.5, 0.6) is 0 Å². The van der Waals surface area contributed by atoms with Crippen LogP contribution in [0.25, 0.3) is 0 Å². The van der Waals surface area contributed by atoms with E-state index in [4.69, 9.17) is 4.74 Å². The van der Waals surface area contributed by atoms with E-state index in [2.05, 4.69) is 0 Å². The summed E-state index contributed by atoms with van der Waals surface area (Å²) in [6.45, 7) is 10.5. The molecule has 0 aliphatic carbocycles. The van der Waals surface area contributed by atoms with Gasteiger partial charge in [0.2, 0.25) is 5.91 Å². The molecular weight excluding hydrogens is 436 g/mol. The fraction of sp³-hybridized carbons (Fsp3) is 0.500. The number of benzene rings is 2. The number of ether oxygens (including phenoxy) is 1. The van der Waals surface area contributed by atoms with Crippen LogP contribution >= 0.6 is 0 Å². The van der Waals surface area contributed by atoms with Crippen molar-refractivity contribution in [2.45, 2.75) is 51.9 Å². The Bertz CT molecular complexity index is 1140. The van der Waals surface area contributed by atoms with E-state index >= 15 is 0 Å². The Morgan fingerprint density at radius 2 is 1.82 bits per heavy atom. The number of anilines is 2. The van der Waals surface area contributed by atoms with Gasteiger partial charge < -0.3 is 9.64 Å². The molecule has 0 bridgehead atoms. The smallest absolute Gasteiger partial charge is 0.264 e. The molecule has 0 aromatic heterocycles. The SMILES string of the molecule is Cc1ccc(N(CC(C)C)S(=O)(=O)c2ccc3c(c2)CC(=O)N3CC2CCOCC2)c(C)c1. The second-order valence-corrected chi connectivity index (χ2v) is 11.6. The molecule has 1 fully saturated rings. The van der Waals surface area contributed by atoms with Gasteiger partial charge in [-0.1, -0.05) is 31.5 Å². The number of nitrogens with zero attached hydrogens (tertiary/aromatic N) is 2. The predicted octanol–water partition coefficient (Wildman–Crippen LogP) is 4.47. The first-order valence-electron chi connectivity index (χ1n) is 11.8. The molecule has 1 amide bonds. The van der Waals surface area contributed by atoms with Crippen LogP contribution in [0.4, 0.5) is 11.4 Å². The van der Waals surface area contributed by atoms with Crippen molar-refractivity contribution in [3.63, 3.8) is 0 Å². The lowest BCUT2D eigenvalue weighted by Crippen LogP contribution is -2.35. The second kappa shape index (κ2) is 9.47. The Kier molecular flexibility index (Phi) is 6.82. The highest BCUT2D eigenvalue weighted by Crippen LogP contribution is 2.35. The molecule has 0 unspecified atom stereocenters. The fourth-order valence-electron chi connectivity index (χ4n) is 4.78. The number of sulfonamides is 1. The van der Waals surface area contributed by atoms with Crippen molar-refractivity contribution in [3.05, 3.63) is 53.1 Å². The summed E-state index contributed by atoms with van der Waals surface area (Å²) >= 11 is 0. The highest BCUT2D eigenvalue weighted by molar-refractivity contribution is 7.92. The van der Waals surface area contributed by atoms with Crippen LogP contribution in [0.3, 0.4) is 0 Å². The second-order valence-electron chi connectivity index (χ2n) is 9.75. The third kappa shape index (κ3) is 4.94. The van der Waals surface area contributed by atoms with E-state index in [-0.39, 0.29) is 23.1 Å². The predicted molar refractivity (Wildman–Crippen MR) is 131 cm³/mol. The molecule has 1 saturated heterocycles. The zero-order valence-electron chi connectivity index (χ0n) is 20.0. The lowest BCUT2D eigenvalue weighted by molar-refractivity contribution is -0.117. The average Bonchev–Trinajstić information content (AvgIpc) is 3.07. The van der Waals surface area contributed by atoms with Crippen molar-refractivity contribution in [2.75, 3.05) is 35.5 Å². The number of aryl methyl sites for hydroxylation is 2. The summed E-state index contributed by atoms with van der Waals surface area (Å²) in [7, 11) is -3.78. The number of carbonyl (C=O) groups is 1. The van der Waals surface area contributed by atoms with Gasteiger partial charge in [0.1, 0.15) is 0 Å². The van der Waals surface area contributed by atoms with Crippen LogP contribution in [-0.2, 0) is 26.0 Å². The third-order valence-electron chi connectivity index (χ3n) is 6.51. The third-order valence-corrected chi connectivity index (χ3v) is 8.28. The minimum Gasteiger partial charge on any atom is -0.381 e. The van der Waals surface area contributed by atoms with Crippen LogP contribution in [0.1, 0.15) is 43.4 Å². The summed E-state index contributed by atoms with van der Waals surface area (Å²) in [5.41, 5.74) is 4.36. The Balaban J connectivity index is 1.66. The van der Waals surface area contributed by atoms with Crippen LogP contribution in [0.15, 0.2) is 41.3 Å². The summed E-state index contributed by atoms with van der Waals surface area (Å²) in [6.07, 6.45) is 2.15. The molecule has 0 radical (unpaired) electrons. The maximum Gasteiger partial charge on any atom is 0.264 e. The molecule has 2 aromatic rings. The monoisotopic (exact) mass is 470 g/mol. The molecule has 0 atom stereocenters. The van der Waals surface area contributed by atoms with Gasteiger partial charge >= 0.3 is 0 Å². The summed E-state index contributed by atoms with van der Waals surface area (Å²) in [6, 6.07) is 11.0. The van der Waals surface area contributed by atoms with Crippen LogP contribution in [0.2, 0.25) is 0 Å². The number of fused-ring (bicyclic) bond motifs is 1. The summed E-state index contributed by atoms with van der Waals surface area (Å²) in [5.74, 6) is 0.619. The average molecular weight is 471 g/mol. The lowest BCUT2D eigenvalue weighted by Gasteiger charge is -2.29.